The predicted octanol–water partition coefficient (Wildman–Crippen LogP) is 3.28. The van der Waals surface area contributed by atoms with Crippen molar-refractivity contribution in [3.05, 3.63) is 54.6 Å². The van der Waals surface area contributed by atoms with Crippen molar-refractivity contribution in [1.29, 1.82) is 0 Å². The van der Waals surface area contributed by atoms with E-state index in [-0.39, 0.29) is 5.97 Å². The van der Waals surface area contributed by atoms with Crippen LogP contribution in [0.15, 0.2) is 53.5 Å². The Kier molecular flexibility index (Phi) is 2.76. The lowest BCUT2D eigenvalue weighted by atomic mass is 10.0. The number of hydrogen-bond donors (Lipinski definition) is 0. The van der Waals surface area contributed by atoms with Gasteiger partial charge in [0.2, 0.25) is 0 Å². The van der Waals surface area contributed by atoms with Gasteiger partial charge < -0.3 is 9.15 Å². The molecule has 0 spiro atoms. The first kappa shape index (κ1) is 11.5. The molecule has 0 saturated carbocycles. The van der Waals surface area contributed by atoms with Gasteiger partial charge in [-0.25, -0.2) is 4.79 Å². The van der Waals surface area contributed by atoms with E-state index in [1.807, 2.05) is 18.2 Å². The van der Waals surface area contributed by atoms with Crippen LogP contribution < -0.4 is 0 Å². The number of methoxy groups -OCH3 is 1. The van der Waals surface area contributed by atoms with E-state index in [9.17, 15) is 4.79 Å². The van der Waals surface area contributed by atoms with Crippen LogP contribution in [0, 0.1) is 0 Å². The Morgan fingerprint density at radius 1 is 1.26 bits per heavy atom. The normalized spacial score (nSPS) is 10.6. The van der Waals surface area contributed by atoms with E-state index in [1.165, 1.54) is 7.11 Å². The number of carbonyl (C=O) groups is 1. The largest absolute Gasteiger partial charge is 0.472 e. The molecule has 0 aliphatic rings. The maximum atomic E-state index is 11.5. The third-order valence-electron chi connectivity index (χ3n) is 3.00. The molecule has 2 aromatic heterocycles. The number of carbonyl (C=O) groups excluding carboxylic acids is 1. The highest BCUT2D eigenvalue weighted by molar-refractivity contribution is 5.99. The Labute approximate surface area is 109 Å². The lowest BCUT2D eigenvalue weighted by Gasteiger charge is -2.05. The fraction of sp³-hybridized carbons (Fsp3) is 0.0667. The van der Waals surface area contributed by atoms with Gasteiger partial charge in [0.25, 0.3) is 0 Å². The Morgan fingerprint density at radius 2 is 2.16 bits per heavy atom. The van der Waals surface area contributed by atoms with Crippen LogP contribution in [0.4, 0.5) is 0 Å². The molecule has 0 radical (unpaired) electrons. The summed E-state index contributed by atoms with van der Waals surface area (Å²) in [6.07, 6.45) is 5.03. The van der Waals surface area contributed by atoms with Crippen LogP contribution in [0.5, 0.6) is 0 Å². The Morgan fingerprint density at radius 3 is 2.89 bits per heavy atom. The Balaban J connectivity index is 2.20. The van der Waals surface area contributed by atoms with Crippen LogP contribution in [-0.4, -0.2) is 18.1 Å². The zero-order valence-electron chi connectivity index (χ0n) is 10.3. The number of aromatic nitrogens is 1. The topological polar surface area (TPSA) is 52.3 Å². The first-order chi connectivity index (χ1) is 9.29. The molecule has 0 amide bonds. The van der Waals surface area contributed by atoms with Crippen molar-refractivity contribution >= 4 is 16.9 Å². The molecule has 4 heteroatoms. The Hall–Kier alpha value is -2.62. The number of hydrogen-bond acceptors (Lipinski definition) is 4. The van der Waals surface area contributed by atoms with Crippen LogP contribution >= 0.6 is 0 Å². The molecule has 19 heavy (non-hydrogen) atoms. The van der Waals surface area contributed by atoms with Crippen molar-refractivity contribution in [3.63, 3.8) is 0 Å². The molecule has 1 aromatic carbocycles. The number of ether oxygens (including phenoxy) is 1. The van der Waals surface area contributed by atoms with Gasteiger partial charge >= 0.3 is 5.97 Å². The van der Waals surface area contributed by atoms with Crippen molar-refractivity contribution in [3.8, 4) is 11.1 Å². The minimum atomic E-state index is -0.364. The lowest BCUT2D eigenvalue weighted by Crippen LogP contribution is -2.00. The highest BCUT2D eigenvalue weighted by atomic mass is 16.5. The summed E-state index contributed by atoms with van der Waals surface area (Å²) in [7, 11) is 1.36. The van der Waals surface area contributed by atoms with E-state index in [0.29, 0.717) is 5.56 Å². The van der Waals surface area contributed by atoms with Gasteiger partial charge in [-0.2, -0.15) is 0 Å². The molecule has 0 aliphatic carbocycles. The second kappa shape index (κ2) is 4.57. The third-order valence-corrected chi connectivity index (χ3v) is 3.00. The monoisotopic (exact) mass is 253 g/mol. The molecule has 3 rings (SSSR count). The third kappa shape index (κ3) is 1.97. The maximum absolute atomic E-state index is 11.5. The summed E-state index contributed by atoms with van der Waals surface area (Å²) >= 11 is 0. The van der Waals surface area contributed by atoms with Crippen molar-refractivity contribution < 1.29 is 13.9 Å². The molecular weight excluding hydrogens is 242 g/mol. The first-order valence-electron chi connectivity index (χ1n) is 5.79. The number of furan rings is 1. The van der Waals surface area contributed by atoms with E-state index in [1.54, 1.807) is 30.9 Å². The molecule has 0 unspecified atom stereocenters. The number of nitrogens with zero attached hydrogens (tertiary/aromatic N) is 1. The van der Waals surface area contributed by atoms with Gasteiger partial charge in [0, 0.05) is 17.1 Å². The summed E-state index contributed by atoms with van der Waals surface area (Å²) in [6.45, 7) is 0. The summed E-state index contributed by atoms with van der Waals surface area (Å²) in [4.78, 5) is 15.8. The van der Waals surface area contributed by atoms with E-state index >= 15 is 0 Å². The molecule has 0 aliphatic heterocycles. The number of esters is 1. The fourth-order valence-corrected chi connectivity index (χ4v) is 2.06. The van der Waals surface area contributed by atoms with Crippen LogP contribution in [0.1, 0.15) is 10.4 Å². The van der Waals surface area contributed by atoms with Crippen molar-refractivity contribution in [2.24, 2.45) is 0 Å². The van der Waals surface area contributed by atoms with Gasteiger partial charge in [-0.05, 0) is 29.8 Å². The average molecular weight is 253 g/mol. The van der Waals surface area contributed by atoms with Crippen molar-refractivity contribution in [2.75, 3.05) is 7.11 Å². The average Bonchev–Trinajstić information content (AvgIpc) is 2.99. The number of benzene rings is 1. The summed E-state index contributed by atoms with van der Waals surface area (Å²) in [5.41, 5.74) is 3.25. The predicted molar refractivity (Wildman–Crippen MR) is 70.8 cm³/mol. The molecule has 94 valence electrons. The van der Waals surface area contributed by atoms with E-state index < -0.39 is 0 Å². The van der Waals surface area contributed by atoms with Gasteiger partial charge in [0.05, 0.1) is 30.7 Å². The van der Waals surface area contributed by atoms with E-state index in [4.69, 9.17) is 9.15 Å². The quantitative estimate of drug-likeness (QED) is 0.658. The number of rotatable bonds is 2. The maximum Gasteiger partial charge on any atom is 0.337 e. The molecule has 3 aromatic rings. The second-order valence-corrected chi connectivity index (χ2v) is 4.09. The first-order valence-corrected chi connectivity index (χ1v) is 5.79. The van der Waals surface area contributed by atoms with Crippen LogP contribution in [0.3, 0.4) is 0 Å². The summed E-state index contributed by atoms with van der Waals surface area (Å²) in [5, 5.41) is 0.969. The summed E-state index contributed by atoms with van der Waals surface area (Å²) in [6, 6.07) is 9.15. The minimum Gasteiger partial charge on any atom is -0.472 e. The van der Waals surface area contributed by atoms with Crippen molar-refractivity contribution in [2.45, 2.75) is 0 Å². The van der Waals surface area contributed by atoms with Crippen molar-refractivity contribution in [1.82, 2.24) is 4.98 Å². The van der Waals surface area contributed by atoms with Gasteiger partial charge in [0.1, 0.15) is 0 Å². The van der Waals surface area contributed by atoms with E-state index in [2.05, 4.69) is 4.98 Å². The SMILES string of the molecule is COC(=O)c1ccc2c(-c3ccoc3)ccnc2c1. The standard InChI is InChI=1S/C15H11NO3/c1-18-15(17)10-2-3-13-12(11-5-7-19-9-11)4-6-16-14(13)8-10/h2-9H,1H3. The smallest absolute Gasteiger partial charge is 0.337 e. The summed E-state index contributed by atoms with van der Waals surface area (Å²) < 4.78 is 9.81. The Bertz CT molecular complexity index is 732. The van der Waals surface area contributed by atoms with Crippen LogP contribution in [0.2, 0.25) is 0 Å². The van der Waals surface area contributed by atoms with Gasteiger partial charge in [0.15, 0.2) is 0 Å². The molecule has 0 fully saturated rings. The lowest BCUT2D eigenvalue weighted by molar-refractivity contribution is 0.0601. The molecule has 2 heterocycles. The van der Waals surface area contributed by atoms with E-state index in [0.717, 1.165) is 22.0 Å². The fourth-order valence-electron chi connectivity index (χ4n) is 2.06. The van der Waals surface area contributed by atoms with Gasteiger partial charge in [-0.1, -0.05) is 6.07 Å². The molecule has 0 saturated heterocycles. The minimum absolute atomic E-state index is 0.364. The number of fused-ring (bicyclic) bond motifs is 1. The van der Waals surface area contributed by atoms with Crippen LogP contribution in [-0.2, 0) is 4.74 Å². The molecule has 0 bridgehead atoms. The molecule has 0 atom stereocenters. The highest BCUT2D eigenvalue weighted by Gasteiger charge is 2.10. The summed E-state index contributed by atoms with van der Waals surface area (Å²) in [5.74, 6) is -0.364. The van der Waals surface area contributed by atoms with Gasteiger partial charge in [-0.15, -0.1) is 0 Å². The number of pyridine rings is 1. The molecule has 0 N–H and O–H groups in total. The second-order valence-electron chi connectivity index (χ2n) is 4.09. The zero-order chi connectivity index (χ0) is 13.2. The zero-order valence-corrected chi connectivity index (χ0v) is 10.3. The van der Waals surface area contributed by atoms with Crippen LogP contribution in [0.25, 0.3) is 22.0 Å². The highest BCUT2D eigenvalue weighted by Crippen LogP contribution is 2.28. The molecule has 4 nitrogen and oxygen atoms in total. The van der Waals surface area contributed by atoms with Gasteiger partial charge in [-0.3, -0.25) is 4.98 Å². The molecular formula is C15H11NO3.